The zero-order chi connectivity index (χ0) is 46.8. The Bertz CT molecular complexity index is 2810. The molecular weight excluding hydrogens is 964 g/mol. The summed E-state index contributed by atoms with van der Waals surface area (Å²) in [6.45, 7) is 2.15. The molecule has 8 rings (SSSR count). The number of carbonyl (C=O) groups excluding carboxylic acids is 2. The van der Waals surface area contributed by atoms with Gasteiger partial charge in [-0.3, -0.25) is 9.59 Å². The van der Waals surface area contributed by atoms with Gasteiger partial charge in [0.05, 0.1) is 18.8 Å². The van der Waals surface area contributed by atoms with E-state index in [0.717, 1.165) is 26.8 Å². The molecule has 0 aliphatic carbocycles. The fourth-order valence-corrected chi connectivity index (χ4v) is 13.4. The van der Waals surface area contributed by atoms with E-state index in [0.29, 0.717) is 78.7 Å². The van der Waals surface area contributed by atoms with Crippen molar-refractivity contribution in [3.05, 3.63) is 152 Å². The van der Waals surface area contributed by atoms with Gasteiger partial charge in [-0.2, -0.15) is 8.61 Å². The van der Waals surface area contributed by atoms with E-state index in [-0.39, 0.29) is 56.9 Å². The molecule has 2 fully saturated rings. The molecule has 348 valence electrons. The van der Waals surface area contributed by atoms with E-state index in [1.165, 1.54) is 19.9 Å². The second kappa shape index (κ2) is 22.1. The van der Waals surface area contributed by atoms with Crippen LogP contribution < -0.4 is 21.3 Å². The largest absolute Gasteiger partial charge is 0.508 e. The number of halogens is 2. The second-order valence-electron chi connectivity index (χ2n) is 15.5. The third-order valence-corrected chi connectivity index (χ3v) is 18.3. The predicted molar refractivity (Wildman–Crippen MR) is 261 cm³/mol. The van der Waals surface area contributed by atoms with Crippen LogP contribution in [0.2, 0.25) is 10.0 Å². The fraction of sp³-hybridized carbons (Fsp3) is 0.261. The molecule has 4 aromatic carbocycles. The third kappa shape index (κ3) is 12.8. The highest BCUT2D eigenvalue weighted by Crippen LogP contribution is 2.31. The van der Waals surface area contributed by atoms with Gasteiger partial charge in [-0.15, -0.1) is 22.7 Å². The molecule has 2 aromatic heterocycles. The Hall–Kier alpha value is -5.18. The van der Waals surface area contributed by atoms with Crippen molar-refractivity contribution in [2.45, 2.75) is 59.3 Å². The molecule has 2 aliphatic heterocycles. The molecule has 0 unspecified atom stereocenters. The van der Waals surface area contributed by atoms with E-state index < -0.39 is 20.0 Å². The van der Waals surface area contributed by atoms with Crippen LogP contribution in [0, 0.1) is 0 Å². The topological polar surface area (TPSA) is 197 Å². The lowest BCUT2D eigenvalue weighted by molar-refractivity contribution is 0.0943. The van der Waals surface area contributed by atoms with Crippen LogP contribution in [0.4, 0.5) is 11.4 Å². The van der Waals surface area contributed by atoms with Crippen molar-refractivity contribution in [3.8, 4) is 11.5 Å². The van der Waals surface area contributed by atoms with Crippen LogP contribution in [0.1, 0.15) is 56.2 Å². The molecule has 14 nitrogen and oxygen atoms in total. The number of amides is 2. The van der Waals surface area contributed by atoms with E-state index in [1.54, 1.807) is 115 Å². The number of thiophene rings is 2. The van der Waals surface area contributed by atoms with Crippen molar-refractivity contribution in [2.75, 3.05) is 36.8 Å². The molecule has 2 saturated heterocycles. The summed E-state index contributed by atoms with van der Waals surface area (Å²) >= 11 is 14.0. The van der Waals surface area contributed by atoms with Crippen LogP contribution in [0.25, 0.3) is 0 Å². The average Bonchev–Trinajstić information content (AvgIpc) is 4.02. The van der Waals surface area contributed by atoms with E-state index in [2.05, 4.69) is 21.3 Å². The standard InChI is InChI=1S/2C23H24ClN3O4S2/c24-17-3-1-16(2-4-17)23(29)25-15-21-9-10-22(32-21)33(30,31)27-13-11-19(12-14-27)26-18-5-7-20(28)8-6-18;24-17-7-5-16(6-8-17)23(29)25-15-19-9-10-22(32-19)33(30,31)27-13-11-18(12-14-27)26-20-3-1-2-4-21(20)28/h1-10,19,26,28H,11-15H2,(H,25,29);1-10,18,26,28H,11-15H2,(H,25,29). The summed E-state index contributed by atoms with van der Waals surface area (Å²) in [5.74, 6) is -0.0979. The van der Waals surface area contributed by atoms with Crippen molar-refractivity contribution >= 4 is 89.1 Å². The first-order chi connectivity index (χ1) is 31.6. The molecule has 6 aromatic rings. The van der Waals surface area contributed by atoms with Crippen molar-refractivity contribution in [3.63, 3.8) is 0 Å². The molecule has 2 amide bonds. The Morgan fingerprint density at radius 3 is 1.42 bits per heavy atom. The lowest BCUT2D eigenvalue weighted by Crippen LogP contribution is -2.42. The van der Waals surface area contributed by atoms with Crippen LogP contribution in [-0.4, -0.2) is 85.7 Å². The smallest absolute Gasteiger partial charge is 0.252 e. The molecule has 20 heteroatoms. The number of aromatic hydroxyl groups is 2. The molecule has 0 saturated carbocycles. The number of anilines is 2. The van der Waals surface area contributed by atoms with Crippen molar-refractivity contribution in [1.82, 2.24) is 19.2 Å². The first-order valence-corrected chi connectivity index (χ1v) is 26.3. The van der Waals surface area contributed by atoms with Gasteiger partial charge in [-0.1, -0.05) is 35.3 Å². The van der Waals surface area contributed by atoms with Crippen LogP contribution in [0.15, 0.2) is 130 Å². The number of piperidine rings is 2. The van der Waals surface area contributed by atoms with Gasteiger partial charge in [0.2, 0.25) is 0 Å². The monoisotopic (exact) mass is 1010 g/mol. The number of benzene rings is 4. The van der Waals surface area contributed by atoms with E-state index in [9.17, 15) is 36.6 Å². The van der Waals surface area contributed by atoms with Gasteiger partial charge < -0.3 is 31.5 Å². The number of para-hydroxylation sites is 2. The Kier molecular flexibility index (Phi) is 16.3. The number of nitrogens with one attached hydrogen (secondary N) is 4. The highest BCUT2D eigenvalue weighted by atomic mass is 35.5. The quantitative estimate of drug-likeness (QED) is 0.0454. The van der Waals surface area contributed by atoms with Crippen LogP contribution >= 0.6 is 45.9 Å². The van der Waals surface area contributed by atoms with Crippen LogP contribution in [0.5, 0.6) is 11.5 Å². The van der Waals surface area contributed by atoms with Crippen LogP contribution in [-0.2, 0) is 33.1 Å². The Morgan fingerprint density at radius 1 is 0.561 bits per heavy atom. The predicted octanol–water partition coefficient (Wildman–Crippen LogP) is 8.60. The lowest BCUT2D eigenvalue weighted by atomic mass is 10.1. The fourth-order valence-electron chi connectivity index (χ4n) is 7.27. The first-order valence-electron chi connectivity index (χ1n) is 21.0. The van der Waals surface area contributed by atoms with E-state index >= 15 is 0 Å². The summed E-state index contributed by atoms with van der Waals surface area (Å²) < 4.78 is 55.9. The molecule has 0 atom stereocenters. The summed E-state index contributed by atoms with van der Waals surface area (Å²) in [5, 5.41) is 32.7. The first kappa shape index (κ1) is 48.7. The average molecular weight is 1010 g/mol. The maximum absolute atomic E-state index is 13.1. The number of rotatable bonds is 14. The number of phenols is 2. The van der Waals surface area contributed by atoms with Gasteiger partial charge in [-0.25, -0.2) is 16.8 Å². The minimum absolute atomic E-state index is 0.0896. The van der Waals surface area contributed by atoms with Gasteiger partial charge in [0.15, 0.2) is 0 Å². The maximum atomic E-state index is 13.1. The summed E-state index contributed by atoms with van der Waals surface area (Å²) in [6.07, 6.45) is 2.66. The lowest BCUT2D eigenvalue weighted by Gasteiger charge is -2.31. The number of carbonyl (C=O) groups is 2. The molecule has 0 radical (unpaired) electrons. The SMILES string of the molecule is O=C(NCc1ccc(S(=O)(=O)N2CCC(Nc3ccc(O)cc3)CC2)s1)c1ccc(Cl)cc1.O=C(NCc1ccc(S(=O)(=O)N2CCC(Nc3ccccc3O)CC2)s1)c1ccc(Cl)cc1. The molecule has 2 aliphatic rings. The Labute approximate surface area is 402 Å². The summed E-state index contributed by atoms with van der Waals surface area (Å²) in [4.78, 5) is 26.0. The van der Waals surface area contributed by atoms with Gasteiger partial charge in [0.1, 0.15) is 19.9 Å². The molecule has 0 spiro atoms. The van der Waals surface area contributed by atoms with Crippen LogP contribution in [0.3, 0.4) is 0 Å². The number of nitrogens with zero attached hydrogens (tertiary/aromatic N) is 2. The number of hydrogen-bond acceptors (Lipinski definition) is 12. The number of sulfonamides is 2. The van der Waals surface area contributed by atoms with Gasteiger partial charge >= 0.3 is 0 Å². The number of phenolic OH excluding ortho intramolecular Hbond substituents is 2. The molecule has 4 heterocycles. The van der Waals surface area contributed by atoms with Gasteiger partial charge in [0, 0.05) is 74.9 Å². The summed E-state index contributed by atoms with van der Waals surface area (Å²) in [5.41, 5.74) is 2.54. The highest BCUT2D eigenvalue weighted by Gasteiger charge is 2.32. The van der Waals surface area contributed by atoms with E-state index in [1.807, 2.05) is 6.07 Å². The zero-order valence-electron chi connectivity index (χ0n) is 35.4. The second-order valence-corrected chi connectivity index (χ2v) is 23.1. The summed E-state index contributed by atoms with van der Waals surface area (Å²) in [7, 11) is -7.17. The van der Waals surface area contributed by atoms with Gasteiger partial charge in [-0.05, 0) is 135 Å². The zero-order valence-corrected chi connectivity index (χ0v) is 40.2. The minimum Gasteiger partial charge on any atom is -0.508 e. The molecular formula is C46H48Cl2N6O8S4. The van der Waals surface area contributed by atoms with Gasteiger partial charge in [0.25, 0.3) is 31.9 Å². The Balaban J connectivity index is 0.000000196. The van der Waals surface area contributed by atoms with Crippen molar-refractivity contribution in [1.29, 1.82) is 0 Å². The molecule has 0 bridgehead atoms. The van der Waals surface area contributed by atoms with Crippen molar-refractivity contribution in [2.24, 2.45) is 0 Å². The Morgan fingerprint density at radius 2 is 0.985 bits per heavy atom. The van der Waals surface area contributed by atoms with E-state index in [4.69, 9.17) is 23.2 Å². The number of hydrogen-bond donors (Lipinski definition) is 6. The highest BCUT2D eigenvalue weighted by molar-refractivity contribution is 7.91. The maximum Gasteiger partial charge on any atom is 0.252 e. The molecule has 6 N–H and O–H groups in total. The summed E-state index contributed by atoms with van der Waals surface area (Å²) in [6, 6.07) is 33.9. The van der Waals surface area contributed by atoms with Crippen molar-refractivity contribution < 1.29 is 36.6 Å². The molecule has 66 heavy (non-hydrogen) atoms. The third-order valence-electron chi connectivity index (χ3n) is 10.9. The normalized spacial score (nSPS) is 15.3. The minimum atomic E-state index is -3.59.